The number of aromatic nitrogens is 2. The van der Waals surface area contributed by atoms with Crippen molar-refractivity contribution >= 4 is 27.5 Å². The van der Waals surface area contributed by atoms with Gasteiger partial charge in [0.2, 0.25) is 0 Å². The van der Waals surface area contributed by atoms with Crippen LogP contribution in [0.1, 0.15) is 53.7 Å². The van der Waals surface area contributed by atoms with Gasteiger partial charge in [-0.25, -0.2) is 0 Å². The van der Waals surface area contributed by atoms with Gasteiger partial charge in [-0.05, 0) is 49.4 Å². The van der Waals surface area contributed by atoms with Crippen molar-refractivity contribution in [3.63, 3.8) is 0 Å². The molecular weight excluding hydrogens is 398 g/mol. The van der Waals surface area contributed by atoms with E-state index >= 15 is 0 Å². The van der Waals surface area contributed by atoms with Crippen molar-refractivity contribution in [3.8, 4) is 11.5 Å². The topological polar surface area (TPSA) is 56.6 Å². The average Bonchev–Trinajstić information content (AvgIpc) is 3.44. The van der Waals surface area contributed by atoms with Gasteiger partial charge in [0.05, 0.1) is 16.6 Å². The standard InChI is InChI=1S/C23H27N3O3S/c1-14(2)13-26-23-17(15(3)24-26)12-21(30-23)22(27)25-8-4-5-18(25)16-6-7-19-20(11-16)29-10-9-28-19/h6-7,11-12,14,18H,4-5,8-10,13H2,1-3H3. The van der Waals surface area contributed by atoms with Gasteiger partial charge in [-0.2, -0.15) is 5.10 Å². The molecule has 0 aliphatic carbocycles. The molecule has 3 aromatic rings. The Morgan fingerprint density at radius 1 is 1.23 bits per heavy atom. The summed E-state index contributed by atoms with van der Waals surface area (Å²) in [6.07, 6.45) is 1.98. The fraction of sp³-hybridized carbons (Fsp3) is 0.478. The van der Waals surface area contributed by atoms with Crippen LogP contribution < -0.4 is 9.47 Å². The van der Waals surface area contributed by atoms with Gasteiger partial charge >= 0.3 is 0 Å². The van der Waals surface area contributed by atoms with Gasteiger partial charge in [0.25, 0.3) is 5.91 Å². The van der Waals surface area contributed by atoms with Crippen molar-refractivity contribution in [2.75, 3.05) is 19.8 Å². The molecule has 2 aliphatic rings. The maximum Gasteiger partial charge on any atom is 0.264 e. The highest BCUT2D eigenvalue weighted by Crippen LogP contribution is 2.39. The zero-order valence-electron chi connectivity index (χ0n) is 17.7. The molecule has 0 bridgehead atoms. The van der Waals surface area contributed by atoms with Crippen LogP contribution in [-0.4, -0.2) is 40.3 Å². The highest BCUT2D eigenvalue weighted by molar-refractivity contribution is 7.20. The highest BCUT2D eigenvalue weighted by Gasteiger charge is 2.32. The Kier molecular flexibility index (Phi) is 4.93. The molecule has 158 valence electrons. The summed E-state index contributed by atoms with van der Waals surface area (Å²) in [6.45, 7) is 9.19. The third kappa shape index (κ3) is 3.35. The molecule has 0 spiro atoms. The molecule has 2 aromatic heterocycles. The third-order valence-electron chi connectivity index (χ3n) is 5.82. The third-order valence-corrected chi connectivity index (χ3v) is 6.96. The van der Waals surface area contributed by atoms with Crippen LogP contribution in [0.4, 0.5) is 0 Å². The van der Waals surface area contributed by atoms with Crippen molar-refractivity contribution in [3.05, 3.63) is 40.4 Å². The summed E-state index contributed by atoms with van der Waals surface area (Å²) in [7, 11) is 0. The van der Waals surface area contributed by atoms with Crippen LogP contribution in [0.3, 0.4) is 0 Å². The Labute approximate surface area is 180 Å². The summed E-state index contributed by atoms with van der Waals surface area (Å²) in [5.74, 6) is 2.19. The number of fused-ring (bicyclic) bond motifs is 2. The Hall–Kier alpha value is -2.54. The molecule has 5 rings (SSSR count). The fourth-order valence-corrected chi connectivity index (χ4v) is 5.58. The van der Waals surface area contributed by atoms with Crippen molar-refractivity contribution in [2.45, 2.75) is 46.2 Å². The Bertz CT molecular complexity index is 1100. The molecule has 6 nitrogen and oxygen atoms in total. The molecule has 1 fully saturated rings. The monoisotopic (exact) mass is 425 g/mol. The van der Waals surface area contributed by atoms with Crippen LogP contribution >= 0.6 is 11.3 Å². The van der Waals surface area contributed by atoms with Gasteiger partial charge in [0.15, 0.2) is 11.5 Å². The first-order chi connectivity index (χ1) is 14.5. The maximum absolute atomic E-state index is 13.5. The van der Waals surface area contributed by atoms with E-state index in [0.29, 0.717) is 19.1 Å². The molecule has 1 saturated heterocycles. The van der Waals surface area contributed by atoms with Crippen LogP contribution in [0.2, 0.25) is 0 Å². The first-order valence-electron chi connectivity index (χ1n) is 10.7. The molecule has 1 atom stereocenters. The van der Waals surface area contributed by atoms with Gasteiger partial charge in [-0.15, -0.1) is 11.3 Å². The summed E-state index contributed by atoms with van der Waals surface area (Å²) < 4.78 is 13.5. The SMILES string of the molecule is Cc1nn(CC(C)C)c2sc(C(=O)N3CCCC3c3ccc4c(c3)OCCO4)cc12. The summed E-state index contributed by atoms with van der Waals surface area (Å²) in [5, 5.41) is 5.76. The van der Waals surface area contributed by atoms with Crippen LogP contribution in [0, 0.1) is 12.8 Å². The van der Waals surface area contributed by atoms with E-state index in [-0.39, 0.29) is 11.9 Å². The number of carbonyl (C=O) groups excluding carboxylic acids is 1. The van der Waals surface area contributed by atoms with E-state index in [4.69, 9.17) is 9.47 Å². The molecular formula is C23H27N3O3S. The fourth-order valence-electron chi connectivity index (χ4n) is 4.45. The summed E-state index contributed by atoms with van der Waals surface area (Å²) in [6, 6.07) is 8.18. The quantitative estimate of drug-likeness (QED) is 0.602. The van der Waals surface area contributed by atoms with Crippen LogP contribution in [0.5, 0.6) is 11.5 Å². The Balaban J connectivity index is 1.44. The molecule has 7 heteroatoms. The van der Waals surface area contributed by atoms with Gasteiger partial charge in [0, 0.05) is 18.5 Å². The minimum absolute atomic E-state index is 0.0757. The lowest BCUT2D eigenvalue weighted by Gasteiger charge is -2.26. The zero-order valence-corrected chi connectivity index (χ0v) is 18.5. The Morgan fingerprint density at radius 3 is 2.83 bits per heavy atom. The lowest BCUT2D eigenvalue weighted by Crippen LogP contribution is -2.30. The lowest BCUT2D eigenvalue weighted by atomic mass is 10.0. The number of hydrogen-bond donors (Lipinski definition) is 0. The minimum Gasteiger partial charge on any atom is -0.486 e. The minimum atomic E-state index is 0.0757. The number of aryl methyl sites for hydroxylation is 1. The molecule has 4 heterocycles. The highest BCUT2D eigenvalue weighted by atomic mass is 32.1. The predicted molar refractivity (Wildman–Crippen MR) is 118 cm³/mol. The normalized spacial score (nSPS) is 18.5. The summed E-state index contributed by atoms with van der Waals surface area (Å²) in [5.41, 5.74) is 2.11. The Morgan fingerprint density at radius 2 is 2.03 bits per heavy atom. The number of benzene rings is 1. The van der Waals surface area contributed by atoms with Crippen LogP contribution in [-0.2, 0) is 6.54 Å². The van der Waals surface area contributed by atoms with E-state index < -0.39 is 0 Å². The second-order valence-electron chi connectivity index (χ2n) is 8.55. The molecule has 30 heavy (non-hydrogen) atoms. The molecule has 0 radical (unpaired) electrons. The molecule has 0 N–H and O–H groups in total. The van der Waals surface area contributed by atoms with Gasteiger partial charge < -0.3 is 14.4 Å². The summed E-state index contributed by atoms with van der Waals surface area (Å²) >= 11 is 1.57. The van der Waals surface area contributed by atoms with Gasteiger partial charge in [-0.3, -0.25) is 9.48 Å². The van der Waals surface area contributed by atoms with E-state index in [1.54, 1.807) is 11.3 Å². The largest absolute Gasteiger partial charge is 0.486 e. The van der Waals surface area contributed by atoms with E-state index in [2.05, 4.69) is 29.7 Å². The number of carbonyl (C=O) groups is 1. The number of ether oxygens (including phenoxy) is 2. The van der Waals surface area contributed by atoms with Crippen molar-refractivity contribution < 1.29 is 14.3 Å². The number of rotatable bonds is 4. The number of amides is 1. The van der Waals surface area contributed by atoms with Crippen molar-refractivity contribution in [1.29, 1.82) is 0 Å². The van der Waals surface area contributed by atoms with E-state index in [0.717, 1.165) is 63.8 Å². The molecule has 2 aliphatic heterocycles. The second kappa shape index (κ2) is 7.61. The molecule has 1 aromatic carbocycles. The van der Waals surface area contributed by atoms with Gasteiger partial charge in [-0.1, -0.05) is 19.9 Å². The first kappa shape index (κ1) is 19.4. The number of likely N-dealkylation sites (tertiary alicyclic amines) is 1. The number of nitrogens with zero attached hydrogens (tertiary/aromatic N) is 3. The first-order valence-corrected chi connectivity index (χ1v) is 11.5. The second-order valence-corrected chi connectivity index (χ2v) is 9.58. The number of thiophene rings is 1. The maximum atomic E-state index is 13.5. The van der Waals surface area contributed by atoms with E-state index in [1.807, 2.05) is 30.0 Å². The van der Waals surface area contributed by atoms with Crippen molar-refractivity contribution in [2.24, 2.45) is 5.92 Å². The van der Waals surface area contributed by atoms with Crippen LogP contribution in [0.25, 0.3) is 10.2 Å². The lowest BCUT2D eigenvalue weighted by molar-refractivity contribution is 0.0740. The predicted octanol–water partition coefficient (Wildman–Crippen LogP) is 4.81. The van der Waals surface area contributed by atoms with E-state index in [9.17, 15) is 4.79 Å². The summed E-state index contributed by atoms with van der Waals surface area (Å²) in [4.78, 5) is 17.4. The van der Waals surface area contributed by atoms with Crippen LogP contribution in [0.15, 0.2) is 24.3 Å². The van der Waals surface area contributed by atoms with E-state index in [1.165, 1.54) is 0 Å². The van der Waals surface area contributed by atoms with Gasteiger partial charge in [0.1, 0.15) is 18.0 Å². The molecule has 1 unspecified atom stereocenters. The molecule has 1 amide bonds. The zero-order chi connectivity index (χ0) is 20.8. The van der Waals surface area contributed by atoms with Crippen molar-refractivity contribution in [1.82, 2.24) is 14.7 Å². The smallest absolute Gasteiger partial charge is 0.264 e. The average molecular weight is 426 g/mol. The number of hydrogen-bond acceptors (Lipinski definition) is 5. The molecule has 0 saturated carbocycles.